The van der Waals surface area contributed by atoms with Crippen LogP contribution in [0.1, 0.15) is 30.1 Å². The van der Waals surface area contributed by atoms with Crippen LogP contribution in [0.5, 0.6) is 0 Å². The summed E-state index contributed by atoms with van der Waals surface area (Å²) < 4.78 is 37.6. The van der Waals surface area contributed by atoms with E-state index in [1.807, 2.05) is 13.8 Å². The topological polar surface area (TPSA) is 115 Å². The van der Waals surface area contributed by atoms with Gasteiger partial charge >= 0.3 is 6.01 Å². The molecule has 1 aliphatic heterocycles. The number of hydrogen-bond acceptors (Lipinski definition) is 7. The van der Waals surface area contributed by atoms with Crippen LogP contribution in [-0.2, 0) is 14.8 Å². The second-order valence-corrected chi connectivity index (χ2v) is 8.12. The number of aromatic nitrogens is 2. The second-order valence-electron chi connectivity index (χ2n) is 6.18. The van der Waals surface area contributed by atoms with Gasteiger partial charge in [0.1, 0.15) is 0 Å². The van der Waals surface area contributed by atoms with Crippen LogP contribution in [0.15, 0.2) is 33.6 Å². The van der Waals surface area contributed by atoms with Crippen molar-refractivity contribution in [3.8, 4) is 0 Å². The molecule has 1 aliphatic rings. The number of hydrogen-bond donors (Lipinski definition) is 1. The van der Waals surface area contributed by atoms with Gasteiger partial charge in [0, 0.05) is 25.6 Å². The van der Waals surface area contributed by atoms with Gasteiger partial charge in [-0.1, -0.05) is 5.10 Å². The predicted molar refractivity (Wildman–Crippen MR) is 92.2 cm³/mol. The Morgan fingerprint density at radius 3 is 2.31 bits per heavy atom. The van der Waals surface area contributed by atoms with Gasteiger partial charge in [0.05, 0.1) is 17.1 Å². The minimum Gasteiger partial charge on any atom is -0.408 e. The molecule has 10 heteroatoms. The van der Waals surface area contributed by atoms with Crippen molar-refractivity contribution in [3.63, 3.8) is 0 Å². The maximum absolute atomic E-state index is 12.8. The molecule has 2 heterocycles. The van der Waals surface area contributed by atoms with Crippen LogP contribution >= 0.6 is 0 Å². The molecule has 0 radical (unpaired) electrons. The minimum absolute atomic E-state index is 0.0134. The fourth-order valence-corrected chi connectivity index (χ4v) is 4.36. The Morgan fingerprint density at radius 1 is 1.15 bits per heavy atom. The van der Waals surface area contributed by atoms with Gasteiger partial charge < -0.3 is 9.15 Å². The third-order valence-corrected chi connectivity index (χ3v) is 5.73. The lowest BCUT2D eigenvalue weighted by atomic mass is 10.2. The van der Waals surface area contributed by atoms with Crippen LogP contribution in [0.4, 0.5) is 6.01 Å². The molecule has 2 atom stereocenters. The first-order chi connectivity index (χ1) is 12.3. The van der Waals surface area contributed by atoms with Gasteiger partial charge in [0.25, 0.3) is 5.91 Å². The summed E-state index contributed by atoms with van der Waals surface area (Å²) in [6.45, 7) is 5.88. The average molecular weight is 380 g/mol. The molecule has 1 N–H and O–H groups in total. The highest BCUT2D eigenvalue weighted by Crippen LogP contribution is 2.21. The van der Waals surface area contributed by atoms with E-state index in [1.54, 1.807) is 6.92 Å². The lowest BCUT2D eigenvalue weighted by Gasteiger charge is -2.34. The van der Waals surface area contributed by atoms with Crippen LogP contribution in [0, 0.1) is 6.92 Å². The van der Waals surface area contributed by atoms with Gasteiger partial charge in [-0.2, -0.15) is 4.31 Å². The molecule has 0 spiro atoms. The largest absolute Gasteiger partial charge is 0.408 e. The number of ether oxygens (including phenoxy) is 1. The first kappa shape index (κ1) is 18.5. The third-order valence-electron chi connectivity index (χ3n) is 3.89. The standard InChI is InChI=1S/C16H20N4O5S/c1-10-8-20(9-11(2)24-10)26(22,23)14-6-4-13(5-7-14)15(21)17-16-19-18-12(3)25-16/h4-7,10-11H,8-9H2,1-3H3,(H,17,19,21)/t10-,11-/m0/s1. The molecule has 2 aromatic rings. The number of sulfonamides is 1. The smallest absolute Gasteiger partial charge is 0.322 e. The SMILES string of the molecule is Cc1nnc(NC(=O)c2ccc(S(=O)(=O)N3C[C@H](C)O[C@@H](C)C3)cc2)o1. The van der Waals surface area contributed by atoms with Crippen molar-refractivity contribution in [1.82, 2.24) is 14.5 Å². The van der Waals surface area contributed by atoms with E-state index in [0.717, 1.165) is 0 Å². The number of morpholine rings is 1. The van der Waals surface area contributed by atoms with Crippen molar-refractivity contribution < 1.29 is 22.4 Å². The van der Waals surface area contributed by atoms with E-state index in [4.69, 9.17) is 9.15 Å². The van der Waals surface area contributed by atoms with Gasteiger partial charge in [-0.3, -0.25) is 10.1 Å². The first-order valence-electron chi connectivity index (χ1n) is 8.13. The highest BCUT2D eigenvalue weighted by atomic mass is 32.2. The van der Waals surface area contributed by atoms with Crippen molar-refractivity contribution in [1.29, 1.82) is 0 Å². The normalized spacial score (nSPS) is 21.5. The number of benzene rings is 1. The Balaban J connectivity index is 1.75. The van der Waals surface area contributed by atoms with Crippen LogP contribution in [0.2, 0.25) is 0 Å². The summed E-state index contributed by atoms with van der Waals surface area (Å²) in [6.07, 6.45) is -0.340. The Bertz CT molecular complexity index is 884. The van der Waals surface area contributed by atoms with Gasteiger partial charge in [-0.05, 0) is 38.1 Å². The molecular formula is C16H20N4O5S. The number of amides is 1. The zero-order valence-electron chi connectivity index (χ0n) is 14.7. The minimum atomic E-state index is -3.65. The highest BCUT2D eigenvalue weighted by Gasteiger charge is 2.32. The third kappa shape index (κ3) is 3.92. The Hall–Kier alpha value is -2.30. The molecule has 140 valence electrons. The van der Waals surface area contributed by atoms with Crippen LogP contribution in [0.3, 0.4) is 0 Å². The molecule has 1 fully saturated rings. The fourth-order valence-electron chi connectivity index (χ4n) is 2.77. The monoisotopic (exact) mass is 380 g/mol. The number of carbonyl (C=O) groups excluding carboxylic acids is 1. The van der Waals surface area contributed by atoms with Crippen LogP contribution in [-0.4, -0.2) is 54.1 Å². The van der Waals surface area contributed by atoms with Crippen LogP contribution in [0.25, 0.3) is 0 Å². The molecule has 0 unspecified atom stereocenters. The quantitative estimate of drug-likeness (QED) is 0.853. The predicted octanol–water partition coefficient (Wildman–Crippen LogP) is 1.43. The van der Waals surface area contributed by atoms with Crippen molar-refractivity contribution in [2.45, 2.75) is 37.9 Å². The van der Waals surface area contributed by atoms with E-state index in [1.165, 1.54) is 28.6 Å². The maximum atomic E-state index is 12.8. The number of nitrogens with zero attached hydrogens (tertiary/aromatic N) is 3. The van der Waals surface area contributed by atoms with Crippen molar-refractivity contribution in [3.05, 3.63) is 35.7 Å². The number of rotatable bonds is 4. The average Bonchev–Trinajstić information content (AvgIpc) is 2.99. The zero-order chi connectivity index (χ0) is 18.9. The van der Waals surface area contributed by atoms with E-state index in [-0.39, 0.29) is 28.7 Å². The van der Waals surface area contributed by atoms with Gasteiger partial charge in [-0.25, -0.2) is 8.42 Å². The summed E-state index contributed by atoms with van der Waals surface area (Å²) in [5, 5.41) is 9.75. The molecule has 9 nitrogen and oxygen atoms in total. The molecule has 1 aromatic carbocycles. The van der Waals surface area contributed by atoms with E-state index in [2.05, 4.69) is 15.5 Å². The Kier molecular flexibility index (Phi) is 5.08. The lowest BCUT2D eigenvalue weighted by Crippen LogP contribution is -2.48. The summed E-state index contributed by atoms with van der Waals surface area (Å²) in [5.41, 5.74) is 0.281. The van der Waals surface area contributed by atoms with Crippen molar-refractivity contribution >= 4 is 21.9 Å². The molecule has 1 saturated heterocycles. The van der Waals surface area contributed by atoms with Crippen LogP contribution < -0.4 is 5.32 Å². The first-order valence-corrected chi connectivity index (χ1v) is 9.57. The molecule has 1 aromatic heterocycles. The summed E-state index contributed by atoms with van der Waals surface area (Å²) in [4.78, 5) is 12.3. The van der Waals surface area contributed by atoms with Gasteiger partial charge in [-0.15, -0.1) is 5.10 Å². The number of anilines is 1. The molecule has 1 amide bonds. The number of nitrogens with one attached hydrogen (secondary N) is 1. The molecule has 3 rings (SSSR count). The van der Waals surface area contributed by atoms with E-state index in [9.17, 15) is 13.2 Å². The summed E-state index contributed by atoms with van der Waals surface area (Å²) in [7, 11) is -3.65. The molecule has 0 saturated carbocycles. The molecule has 0 bridgehead atoms. The van der Waals surface area contributed by atoms with Gasteiger partial charge in [0.2, 0.25) is 15.9 Å². The highest BCUT2D eigenvalue weighted by molar-refractivity contribution is 7.89. The van der Waals surface area contributed by atoms with Gasteiger partial charge in [0.15, 0.2) is 0 Å². The molecule has 0 aliphatic carbocycles. The lowest BCUT2D eigenvalue weighted by molar-refractivity contribution is -0.0440. The summed E-state index contributed by atoms with van der Waals surface area (Å²) in [6, 6.07) is 5.69. The second kappa shape index (κ2) is 7.14. The molecule has 26 heavy (non-hydrogen) atoms. The van der Waals surface area contributed by atoms with E-state index in [0.29, 0.717) is 19.0 Å². The maximum Gasteiger partial charge on any atom is 0.322 e. The zero-order valence-corrected chi connectivity index (χ0v) is 15.5. The van der Waals surface area contributed by atoms with E-state index >= 15 is 0 Å². The van der Waals surface area contributed by atoms with E-state index < -0.39 is 15.9 Å². The summed E-state index contributed by atoms with van der Waals surface area (Å²) in [5.74, 6) is -0.137. The number of carbonyl (C=O) groups is 1. The van der Waals surface area contributed by atoms with Crippen molar-refractivity contribution in [2.75, 3.05) is 18.4 Å². The Labute approximate surface area is 151 Å². The fraction of sp³-hybridized carbons (Fsp3) is 0.438. The molecular weight excluding hydrogens is 360 g/mol. The number of aryl methyl sites for hydroxylation is 1. The summed E-state index contributed by atoms with van der Waals surface area (Å²) >= 11 is 0. The Morgan fingerprint density at radius 2 is 1.77 bits per heavy atom. The van der Waals surface area contributed by atoms with Crippen molar-refractivity contribution in [2.24, 2.45) is 0 Å².